The van der Waals surface area contributed by atoms with Gasteiger partial charge >= 0.3 is 37.9 Å². The molecule has 118 valence electrons. The Kier molecular flexibility index (Phi) is 4.37. The van der Waals surface area contributed by atoms with Gasteiger partial charge in [-0.1, -0.05) is 0 Å². The van der Waals surface area contributed by atoms with Gasteiger partial charge in [-0.05, 0) is 0 Å². The molecule has 4 N–H and O–H groups in total. The Balaban J connectivity index is 2.13. The SMILES string of the molecule is O=C(O)[C@@H]1OB(B2O[C@@H](C(=O)O)[C@H](C(=O)O)O2)O[C@H]1C(=O)O. The van der Waals surface area contributed by atoms with Crippen molar-refractivity contribution in [3.05, 3.63) is 0 Å². The molecule has 2 heterocycles. The number of hydrogen-bond acceptors (Lipinski definition) is 8. The van der Waals surface area contributed by atoms with Crippen LogP contribution < -0.4 is 0 Å². The molecule has 2 aliphatic heterocycles. The molecule has 4 atom stereocenters. The molecule has 0 aliphatic carbocycles. The standard InChI is InChI=1S/C8H8B2O12/c11-5(12)1-2(6(13)14)20-9(19-1)10-21-3(7(15)16)4(22-10)8(17)18/h1-4H,(H,11,12)(H,13,14)(H,15,16)(H,17,18)/t1-,2-,3-,4-/m1/s1. The first-order valence-corrected chi connectivity index (χ1v) is 5.75. The molecule has 0 unspecified atom stereocenters. The van der Waals surface area contributed by atoms with Gasteiger partial charge in [0.25, 0.3) is 0 Å². The van der Waals surface area contributed by atoms with E-state index in [0.717, 1.165) is 0 Å². The Morgan fingerprint density at radius 1 is 0.545 bits per heavy atom. The summed E-state index contributed by atoms with van der Waals surface area (Å²) in [5.74, 6) is -6.51. The molecular formula is C8H8B2O12. The molecule has 0 aromatic rings. The second-order valence-corrected chi connectivity index (χ2v) is 4.32. The van der Waals surface area contributed by atoms with Crippen LogP contribution in [-0.4, -0.2) is 82.7 Å². The van der Waals surface area contributed by atoms with Crippen molar-refractivity contribution in [3.63, 3.8) is 0 Å². The van der Waals surface area contributed by atoms with E-state index < -0.39 is 62.3 Å². The third-order valence-corrected chi connectivity index (χ3v) is 2.87. The fraction of sp³-hybridized carbons (Fsp3) is 0.500. The van der Waals surface area contributed by atoms with Crippen LogP contribution >= 0.6 is 0 Å². The van der Waals surface area contributed by atoms with Gasteiger partial charge in [-0.25, -0.2) is 19.2 Å². The Labute approximate surface area is 121 Å². The molecule has 0 bridgehead atoms. The van der Waals surface area contributed by atoms with Crippen molar-refractivity contribution in [1.29, 1.82) is 0 Å². The summed E-state index contributed by atoms with van der Waals surface area (Å²) < 4.78 is 19.2. The predicted octanol–water partition coefficient (Wildman–Crippen LogP) is -3.05. The van der Waals surface area contributed by atoms with Crippen LogP contribution in [0.15, 0.2) is 0 Å². The van der Waals surface area contributed by atoms with Gasteiger partial charge in [-0.3, -0.25) is 0 Å². The number of carbonyl (C=O) groups is 4. The highest BCUT2D eigenvalue weighted by Crippen LogP contribution is 2.26. The van der Waals surface area contributed by atoms with Crippen LogP contribution in [0.4, 0.5) is 0 Å². The molecule has 0 aromatic heterocycles. The maximum absolute atomic E-state index is 10.9. The molecule has 14 heteroatoms. The Bertz CT molecular complexity index is 431. The first-order valence-electron chi connectivity index (χ1n) is 5.75. The molecule has 22 heavy (non-hydrogen) atoms. The summed E-state index contributed by atoms with van der Waals surface area (Å²) in [6, 6.07) is 0. The smallest absolute Gasteiger partial charge is 0.479 e. The largest absolute Gasteiger partial charge is 0.489 e. The lowest BCUT2D eigenvalue weighted by atomic mass is 9.49. The van der Waals surface area contributed by atoms with E-state index in [9.17, 15) is 19.2 Å². The number of rotatable bonds is 5. The topological polar surface area (TPSA) is 186 Å². The van der Waals surface area contributed by atoms with Gasteiger partial charge in [0, 0.05) is 0 Å². The first kappa shape index (κ1) is 16.2. The van der Waals surface area contributed by atoms with Gasteiger partial charge < -0.3 is 39.0 Å². The van der Waals surface area contributed by atoms with Crippen LogP contribution in [0.2, 0.25) is 0 Å². The predicted molar refractivity (Wildman–Crippen MR) is 61.5 cm³/mol. The molecule has 2 aliphatic rings. The zero-order valence-corrected chi connectivity index (χ0v) is 10.5. The Morgan fingerprint density at radius 3 is 0.864 bits per heavy atom. The monoisotopic (exact) mass is 318 g/mol. The van der Waals surface area contributed by atoms with E-state index in [1.54, 1.807) is 0 Å². The fourth-order valence-corrected chi connectivity index (χ4v) is 1.93. The minimum atomic E-state index is -1.87. The van der Waals surface area contributed by atoms with Crippen molar-refractivity contribution in [3.8, 4) is 0 Å². The van der Waals surface area contributed by atoms with Crippen molar-refractivity contribution in [1.82, 2.24) is 0 Å². The Hall–Kier alpha value is -2.15. The number of carboxylic acids is 4. The maximum Gasteiger partial charge on any atom is 0.489 e. The summed E-state index contributed by atoms with van der Waals surface area (Å²) in [6.45, 7) is 0. The van der Waals surface area contributed by atoms with Crippen molar-refractivity contribution >= 4 is 37.9 Å². The quantitative estimate of drug-likeness (QED) is 0.376. The highest BCUT2D eigenvalue weighted by molar-refractivity contribution is 7.11. The average Bonchev–Trinajstić information content (AvgIpc) is 3.02. The Morgan fingerprint density at radius 2 is 0.727 bits per heavy atom. The molecule has 0 aromatic carbocycles. The summed E-state index contributed by atoms with van der Waals surface area (Å²) in [5.41, 5.74) is 0. The van der Waals surface area contributed by atoms with E-state index in [1.807, 2.05) is 0 Å². The first-order chi connectivity index (χ1) is 10.2. The molecule has 0 radical (unpaired) electrons. The molecule has 0 amide bonds. The second-order valence-electron chi connectivity index (χ2n) is 4.32. The summed E-state index contributed by atoms with van der Waals surface area (Å²) in [6.07, 6.45) is -7.49. The van der Waals surface area contributed by atoms with E-state index in [0.29, 0.717) is 0 Å². The molecule has 12 nitrogen and oxygen atoms in total. The highest BCUT2D eigenvalue weighted by atomic mass is 16.7. The van der Waals surface area contributed by atoms with Crippen LogP contribution in [0, 0.1) is 0 Å². The number of carboxylic acid groups (broad SMARTS) is 4. The van der Waals surface area contributed by atoms with Gasteiger partial charge in [-0.2, -0.15) is 0 Å². The third kappa shape index (κ3) is 2.89. The summed E-state index contributed by atoms with van der Waals surface area (Å²) >= 11 is 0. The zero-order chi connectivity index (χ0) is 16.6. The van der Waals surface area contributed by atoms with Gasteiger partial charge in [0.1, 0.15) is 0 Å². The minimum absolute atomic E-state index is 1.63. The lowest BCUT2D eigenvalue weighted by Gasteiger charge is -2.08. The van der Waals surface area contributed by atoms with E-state index >= 15 is 0 Å². The van der Waals surface area contributed by atoms with Gasteiger partial charge in [0.15, 0.2) is 24.4 Å². The molecule has 2 fully saturated rings. The van der Waals surface area contributed by atoms with Crippen molar-refractivity contribution in [2.45, 2.75) is 24.4 Å². The van der Waals surface area contributed by atoms with Crippen LogP contribution in [0.3, 0.4) is 0 Å². The molecule has 2 saturated heterocycles. The highest BCUT2D eigenvalue weighted by Gasteiger charge is 2.60. The molecule has 0 saturated carbocycles. The lowest BCUT2D eigenvalue weighted by Crippen LogP contribution is -2.41. The number of hydrogen-bond donors (Lipinski definition) is 4. The molecule has 0 spiro atoms. The summed E-state index contributed by atoms with van der Waals surface area (Å²) in [4.78, 5) is 43.5. The van der Waals surface area contributed by atoms with Gasteiger partial charge in [0.05, 0.1) is 0 Å². The van der Waals surface area contributed by atoms with Gasteiger partial charge in [-0.15, -0.1) is 0 Å². The van der Waals surface area contributed by atoms with Crippen LogP contribution in [0.5, 0.6) is 0 Å². The normalized spacial score (nSPS) is 31.3. The lowest BCUT2D eigenvalue weighted by molar-refractivity contribution is -0.156. The summed E-state index contributed by atoms with van der Waals surface area (Å²) in [7, 11) is -3.40. The fourth-order valence-electron chi connectivity index (χ4n) is 1.93. The van der Waals surface area contributed by atoms with Crippen LogP contribution in [-0.2, 0) is 37.8 Å². The van der Waals surface area contributed by atoms with E-state index in [4.69, 9.17) is 39.0 Å². The molecular weight excluding hydrogens is 310 g/mol. The van der Waals surface area contributed by atoms with Crippen molar-refractivity contribution < 1.29 is 58.2 Å². The third-order valence-electron chi connectivity index (χ3n) is 2.87. The zero-order valence-electron chi connectivity index (χ0n) is 10.5. The second kappa shape index (κ2) is 5.92. The van der Waals surface area contributed by atoms with Gasteiger partial charge in [0.2, 0.25) is 0 Å². The van der Waals surface area contributed by atoms with Crippen LogP contribution in [0.1, 0.15) is 0 Å². The maximum atomic E-state index is 10.9. The van der Waals surface area contributed by atoms with E-state index in [1.165, 1.54) is 0 Å². The van der Waals surface area contributed by atoms with E-state index in [2.05, 4.69) is 0 Å². The molecule has 2 rings (SSSR count). The average molecular weight is 318 g/mol. The van der Waals surface area contributed by atoms with Crippen LogP contribution in [0.25, 0.3) is 0 Å². The van der Waals surface area contributed by atoms with Crippen molar-refractivity contribution in [2.75, 3.05) is 0 Å². The summed E-state index contributed by atoms with van der Waals surface area (Å²) in [5, 5.41) is 35.3. The minimum Gasteiger partial charge on any atom is -0.479 e. The van der Waals surface area contributed by atoms with Crippen molar-refractivity contribution in [2.24, 2.45) is 0 Å². The number of aliphatic carboxylic acids is 4. The van der Waals surface area contributed by atoms with E-state index in [-0.39, 0.29) is 0 Å².